The normalized spacial score (nSPS) is 18.4. The van der Waals surface area contributed by atoms with Crippen molar-refractivity contribution < 1.29 is 8.94 Å². The van der Waals surface area contributed by atoms with Crippen molar-refractivity contribution in [3.8, 4) is 0 Å². The highest BCUT2D eigenvalue weighted by Gasteiger charge is 2.29. The van der Waals surface area contributed by atoms with Crippen molar-refractivity contribution in [2.45, 2.75) is 45.2 Å². The van der Waals surface area contributed by atoms with Gasteiger partial charge in [0.2, 0.25) is 5.89 Å². The molecule has 0 saturated carbocycles. The van der Waals surface area contributed by atoms with E-state index in [2.05, 4.69) is 15.0 Å². The fourth-order valence-electron chi connectivity index (χ4n) is 3.59. The number of aryl methyl sites for hydroxylation is 2. The molecule has 0 aliphatic carbocycles. The van der Waals surface area contributed by atoms with Crippen LogP contribution < -0.4 is 5.76 Å². The predicted molar refractivity (Wildman–Crippen MR) is 92.3 cm³/mol. The Morgan fingerprint density at radius 2 is 2.16 bits per heavy atom. The van der Waals surface area contributed by atoms with Crippen LogP contribution in [0.25, 0.3) is 11.1 Å². The molecule has 0 unspecified atom stereocenters. The SMILES string of the molecule is CCc1nc([C@@H]2CCCN2CCCn2c(=O)oc3ccccc32)no1. The summed E-state index contributed by atoms with van der Waals surface area (Å²) >= 11 is 0. The molecule has 7 heteroatoms. The van der Waals surface area contributed by atoms with Gasteiger partial charge in [-0.15, -0.1) is 0 Å². The highest BCUT2D eigenvalue weighted by atomic mass is 16.5. The van der Waals surface area contributed by atoms with Gasteiger partial charge in [0, 0.05) is 19.5 Å². The molecule has 0 spiro atoms. The van der Waals surface area contributed by atoms with Gasteiger partial charge in [-0.3, -0.25) is 9.47 Å². The van der Waals surface area contributed by atoms with Crippen LogP contribution >= 0.6 is 0 Å². The van der Waals surface area contributed by atoms with Crippen LogP contribution in [-0.2, 0) is 13.0 Å². The minimum absolute atomic E-state index is 0.224. The van der Waals surface area contributed by atoms with Crippen LogP contribution in [0.15, 0.2) is 38.0 Å². The van der Waals surface area contributed by atoms with Gasteiger partial charge in [0.1, 0.15) is 0 Å². The molecule has 0 amide bonds. The third-order valence-electron chi connectivity index (χ3n) is 4.85. The molecular formula is C18H22N4O3. The maximum Gasteiger partial charge on any atom is 0.419 e. The number of rotatable bonds is 6. The lowest BCUT2D eigenvalue weighted by atomic mass is 10.2. The monoisotopic (exact) mass is 342 g/mol. The highest BCUT2D eigenvalue weighted by molar-refractivity contribution is 5.72. The molecule has 3 heterocycles. The summed E-state index contributed by atoms with van der Waals surface area (Å²) in [6.45, 7) is 4.58. The van der Waals surface area contributed by atoms with Gasteiger partial charge in [-0.2, -0.15) is 4.98 Å². The Morgan fingerprint density at radius 3 is 3.00 bits per heavy atom. The fraction of sp³-hybridized carbons (Fsp3) is 0.500. The molecular weight excluding hydrogens is 320 g/mol. The summed E-state index contributed by atoms with van der Waals surface area (Å²) in [5.74, 6) is 1.20. The lowest BCUT2D eigenvalue weighted by Gasteiger charge is -2.21. The van der Waals surface area contributed by atoms with Gasteiger partial charge in [0.05, 0.1) is 11.6 Å². The summed E-state index contributed by atoms with van der Waals surface area (Å²) in [6, 6.07) is 7.77. The van der Waals surface area contributed by atoms with E-state index in [0.29, 0.717) is 18.0 Å². The van der Waals surface area contributed by atoms with Gasteiger partial charge in [-0.05, 0) is 37.9 Å². The summed E-state index contributed by atoms with van der Waals surface area (Å²) in [7, 11) is 0. The Balaban J connectivity index is 1.42. The molecule has 25 heavy (non-hydrogen) atoms. The Hall–Kier alpha value is -2.41. The first-order chi connectivity index (χ1) is 12.3. The molecule has 4 rings (SSSR count). The maximum absolute atomic E-state index is 12.0. The summed E-state index contributed by atoms with van der Waals surface area (Å²) in [4.78, 5) is 18.9. The number of aromatic nitrogens is 3. The van der Waals surface area contributed by atoms with Crippen LogP contribution in [0.1, 0.15) is 43.9 Å². The van der Waals surface area contributed by atoms with Crippen molar-refractivity contribution in [2.75, 3.05) is 13.1 Å². The molecule has 1 saturated heterocycles. The molecule has 2 aromatic heterocycles. The van der Waals surface area contributed by atoms with Crippen LogP contribution in [0.5, 0.6) is 0 Å². The maximum atomic E-state index is 12.0. The lowest BCUT2D eigenvalue weighted by molar-refractivity contribution is 0.235. The van der Waals surface area contributed by atoms with Crippen LogP contribution in [0, 0.1) is 0 Å². The first kappa shape index (κ1) is 16.1. The van der Waals surface area contributed by atoms with Gasteiger partial charge < -0.3 is 8.94 Å². The number of benzene rings is 1. The zero-order valence-electron chi connectivity index (χ0n) is 14.4. The highest BCUT2D eigenvalue weighted by Crippen LogP contribution is 2.30. The van der Waals surface area contributed by atoms with Gasteiger partial charge in [-0.25, -0.2) is 4.79 Å². The second-order valence-corrected chi connectivity index (χ2v) is 6.43. The molecule has 1 aliphatic rings. The van der Waals surface area contributed by atoms with E-state index >= 15 is 0 Å². The van der Waals surface area contributed by atoms with Crippen molar-refractivity contribution in [3.05, 3.63) is 46.5 Å². The number of nitrogens with zero attached hydrogens (tertiary/aromatic N) is 4. The van der Waals surface area contributed by atoms with Gasteiger partial charge in [-0.1, -0.05) is 24.2 Å². The first-order valence-electron chi connectivity index (χ1n) is 8.91. The van der Waals surface area contributed by atoms with Crippen molar-refractivity contribution >= 4 is 11.1 Å². The smallest absolute Gasteiger partial charge is 0.408 e. The van der Waals surface area contributed by atoms with E-state index in [1.54, 1.807) is 4.57 Å². The number of likely N-dealkylation sites (tertiary alicyclic amines) is 1. The van der Waals surface area contributed by atoms with E-state index < -0.39 is 0 Å². The van der Waals surface area contributed by atoms with Crippen LogP contribution in [-0.4, -0.2) is 32.7 Å². The molecule has 1 atom stereocenters. The van der Waals surface area contributed by atoms with Crippen molar-refractivity contribution in [1.82, 2.24) is 19.6 Å². The van der Waals surface area contributed by atoms with E-state index in [4.69, 9.17) is 8.94 Å². The zero-order chi connectivity index (χ0) is 17.2. The van der Waals surface area contributed by atoms with Crippen molar-refractivity contribution in [3.63, 3.8) is 0 Å². The quantitative estimate of drug-likeness (QED) is 0.685. The van der Waals surface area contributed by atoms with E-state index in [1.807, 2.05) is 31.2 Å². The Labute approximate surface area is 145 Å². The summed E-state index contributed by atoms with van der Waals surface area (Å²) in [5.41, 5.74) is 1.50. The van der Waals surface area contributed by atoms with Crippen molar-refractivity contribution in [1.29, 1.82) is 0 Å². The molecule has 132 valence electrons. The van der Waals surface area contributed by atoms with E-state index in [9.17, 15) is 4.79 Å². The number of fused-ring (bicyclic) bond motifs is 1. The van der Waals surface area contributed by atoms with Crippen LogP contribution in [0.3, 0.4) is 0 Å². The zero-order valence-corrected chi connectivity index (χ0v) is 14.4. The minimum Gasteiger partial charge on any atom is -0.408 e. The molecule has 0 bridgehead atoms. The van der Waals surface area contributed by atoms with E-state index in [-0.39, 0.29) is 11.8 Å². The van der Waals surface area contributed by atoms with Crippen LogP contribution in [0.2, 0.25) is 0 Å². The molecule has 1 fully saturated rings. The summed E-state index contributed by atoms with van der Waals surface area (Å²) in [5, 5.41) is 4.13. The average molecular weight is 342 g/mol. The fourth-order valence-corrected chi connectivity index (χ4v) is 3.59. The van der Waals surface area contributed by atoms with E-state index in [0.717, 1.165) is 50.1 Å². The Bertz CT molecular complexity index is 910. The second-order valence-electron chi connectivity index (χ2n) is 6.43. The minimum atomic E-state index is -0.287. The third kappa shape index (κ3) is 3.11. The molecule has 0 radical (unpaired) electrons. The third-order valence-corrected chi connectivity index (χ3v) is 4.85. The summed E-state index contributed by atoms with van der Waals surface area (Å²) < 4.78 is 12.3. The number of oxazole rings is 1. The molecule has 3 aromatic rings. The van der Waals surface area contributed by atoms with Crippen molar-refractivity contribution in [2.24, 2.45) is 0 Å². The number of para-hydroxylation sites is 2. The largest absolute Gasteiger partial charge is 0.419 e. The molecule has 7 nitrogen and oxygen atoms in total. The summed E-state index contributed by atoms with van der Waals surface area (Å²) in [6.07, 6.45) is 3.82. The second kappa shape index (κ2) is 6.84. The standard InChI is InChI=1S/C18H22N4O3/c1-2-16-19-17(20-25-16)14-8-5-10-21(14)11-6-12-22-13-7-3-4-9-15(13)24-18(22)23/h3-4,7,9,14H,2,5-6,8,10-12H2,1H3/t14-/m0/s1. The van der Waals surface area contributed by atoms with E-state index in [1.165, 1.54) is 0 Å². The van der Waals surface area contributed by atoms with Crippen LogP contribution in [0.4, 0.5) is 0 Å². The molecule has 1 aromatic carbocycles. The topological polar surface area (TPSA) is 77.3 Å². The average Bonchev–Trinajstić information content (AvgIpc) is 3.33. The Morgan fingerprint density at radius 1 is 1.28 bits per heavy atom. The Kier molecular flexibility index (Phi) is 4.40. The van der Waals surface area contributed by atoms with Gasteiger partial charge in [0.15, 0.2) is 11.4 Å². The predicted octanol–water partition coefficient (Wildman–Crippen LogP) is 2.77. The number of hydrogen-bond acceptors (Lipinski definition) is 6. The van der Waals surface area contributed by atoms with Gasteiger partial charge >= 0.3 is 5.76 Å². The molecule has 1 aliphatic heterocycles. The van der Waals surface area contributed by atoms with Gasteiger partial charge in [0.25, 0.3) is 0 Å². The number of hydrogen-bond donors (Lipinski definition) is 0. The lowest BCUT2D eigenvalue weighted by Crippen LogP contribution is -2.27. The molecule has 0 N–H and O–H groups in total. The first-order valence-corrected chi connectivity index (χ1v) is 8.91.